The molecule has 164 valence electrons. The first kappa shape index (κ1) is 20.2. The van der Waals surface area contributed by atoms with Crippen molar-refractivity contribution in [2.45, 2.75) is 132 Å². The Morgan fingerprint density at radius 3 is 1.86 bits per heavy atom. The van der Waals surface area contributed by atoms with Crippen molar-refractivity contribution in [1.82, 2.24) is 0 Å². The van der Waals surface area contributed by atoms with Gasteiger partial charge in [-0.15, -0.1) is 0 Å². The number of hydrogen-bond acceptors (Lipinski definition) is 7. The molecule has 7 nitrogen and oxygen atoms in total. The molecule has 29 heavy (non-hydrogen) atoms. The topological polar surface area (TPSA) is 83.5 Å². The second-order valence-electron chi connectivity index (χ2n) is 9.47. The molecule has 2 saturated heterocycles. The summed E-state index contributed by atoms with van der Waals surface area (Å²) in [6.07, 6.45) is 7.28. The van der Waals surface area contributed by atoms with Gasteiger partial charge in [-0.25, -0.2) is 0 Å². The van der Waals surface area contributed by atoms with Crippen LogP contribution in [-0.2, 0) is 28.5 Å². The summed E-state index contributed by atoms with van der Waals surface area (Å²) in [7, 11) is 0. The molecule has 3 saturated carbocycles. The third-order valence-electron chi connectivity index (χ3n) is 7.32. The van der Waals surface area contributed by atoms with Crippen LogP contribution in [0.1, 0.15) is 84.0 Å². The van der Waals surface area contributed by atoms with Crippen LogP contribution in [0.2, 0.25) is 0 Å². The average molecular weight is 411 g/mol. The van der Waals surface area contributed by atoms with Crippen molar-refractivity contribution in [3.05, 3.63) is 0 Å². The first-order valence-electron chi connectivity index (χ1n) is 11.6. The fourth-order valence-corrected chi connectivity index (χ4v) is 5.93. The van der Waals surface area contributed by atoms with E-state index < -0.39 is 42.1 Å². The lowest BCUT2D eigenvalue weighted by atomic mass is 9.85. The van der Waals surface area contributed by atoms with Crippen LogP contribution in [0.3, 0.4) is 0 Å². The summed E-state index contributed by atoms with van der Waals surface area (Å²) < 4.78 is 31.6. The monoisotopic (exact) mass is 410 g/mol. The minimum Gasteiger partial charge on any atom is -0.457 e. The highest BCUT2D eigenvalue weighted by Gasteiger charge is 2.67. The zero-order valence-electron chi connectivity index (χ0n) is 17.3. The number of ether oxygens (including phenoxy) is 5. The number of hydrogen-bond donors (Lipinski definition) is 1. The van der Waals surface area contributed by atoms with Gasteiger partial charge in [0.15, 0.2) is 17.7 Å². The molecule has 0 amide bonds. The SMILES string of the molecule is CCCC(=O)O[C@@H]1[C@@H](O)[C@H]2OC3(CCCCC3)O[C@H]2[C@@H]2OC3(CCCCC3)O[C@H]21. The van der Waals surface area contributed by atoms with Gasteiger partial charge in [0.25, 0.3) is 0 Å². The predicted octanol–water partition coefficient (Wildman–Crippen LogP) is 2.96. The molecule has 5 rings (SSSR count). The summed E-state index contributed by atoms with van der Waals surface area (Å²) >= 11 is 0. The van der Waals surface area contributed by atoms with E-state index in [4.69, 9.17) is 23.7 Å². The second kappa shape index (κ2) is 7.75. The van der Waals surface area contributed by atoms with Crippen LogP contribution < -0.4 is 0 Å². The number of aliphatic hydroxyl groups excluding tert-OH is 1. The van der Waals surface area contributed by atoms with Crippen LogP contribution in [0.5, 0.6) is 0 Å². The van der Waals surface area contributed by atoms with Gasteiger partial charge in [0.1, 0.15) is 30.5 Å². The van der Waals surface area contributed by atoms with Gasteiger partial charge < -0.3 is 28.8 Å². The highest BCUT2D eigenvalue weighted by Crippen LogP contribution is 2.51. The molecule has 2 spiro atoms. The highest BCUT2D eigenvalue weighted by atomic mass is 16.8. The first-order chi connectivity index (χ1) is 14.0. The Hall–Kier alpha value is -0.730. The molecule has 0 aromatic rings. The zero-order valence-corrected chi connectivity index (χ0v) is 17.3. The molecule has 0 radical (unpaired) electrons. The molecule has 3 aliphatic carbocycles. The van der Waals surface area contributed by atoms with Crippen molar-refractivity contribution in [3.63, 3.8) is 0 Å². The smallest absolute Gasteiger partial charge is 0.306 e. The fraction of sp³-hybridized carbons (Fsp3) is 0.955. The number of aliphatic hydroxyl groups is 1. The van der Waals surface area contributed by atoms with Crippen LogP contribution >= 0.6 is 0 Å². The van der Waals surface area contributed by atoms with Gasteiger partial charge in [-0.05, 0) is 32.1 Å². The van der Waals surface area contributed by atoms with Gasteiger partial charge in [-0.1, -0.05) is 19.8 Å². The number of fused-ring (bicyclic) bond motifs is 3. The van der Waals surface area contributed by atoms with E-state index in [-0.39, 0.29) is 12.1 Å². The van der Waals surface area contributed by atoms with Crippen molar-refractivity contribution in [3.8, 4) is 0 Å². The Kier molecular flexibility index (Phi) is 5.40. The van der Waals surface area contributed by atoms with E-state index in [2.05, 4.69) is 0 Å². The van der Waals surface area contributed by atoms with Crippen molar-refractivity contribution in [2.75, 3.05) is 0 Å². The van der Waals surface area contributed by atoms with Gasteiger partial charge >= 0.3 is 5.97 Å². The molecule has 7 heteroatoms. The molecular weight excluding hydrogens is 376 g/mol. The molecule has 2 heterocycles. The Bertz CT molecular complexity index is 610. The molecule has 0 aromatic heterocycles. The highest BCUT2D eigenvalue weighted by molar-refractivity contribution is 5.69. The fourth-order valence-electron chi connectivity index (χ4n) is 5.93. The lowest BCUT2D eigenvalue weighted by Gasteiger charge is -2.40. The van der Waals surface area contributed by atoms with Gasteiger partial charge in [-0.3, -0.25) is 4.79 Å². The van der Waals surface area contributed by atoms with E-state index in [1.165, 1.54) is 12.8 Å². The van der Waals surface area contributed by atoms with Crippen molar-refractivity contribution in [2.24, 2.45) is 0 Å². The Balaban J connectivity index is 1.43. The molecule has 0 aromatic carbocycles. The van der Waals surface area contributed by atoms with E-state index in [0.717, 1.165) is 51.4 Å². The van der Waals surface area contributed by atoms with Crippen LogP contribution in [-0.4, -0.2) is 59.3 Å². The Morgan fingerprint density at radius 2 is 1.31 bits per heavy atom. The minimum atomic E-state index is -0.981. The van der Waals surface area contributed by atoms with Crippen molar-refractivity contribution < 1.29 is 33.6 Å². The summed E-state index contributed by atoms with van der Waals surface area (Å²) in [5.74, 6) is -1.61. The van der Waals surface area contributed by atoms with E-state index in [0.29, 0.717) is 12.8 Å². The third-order valence-corrected chi connectivity index (χ3v) is 7.32. The van der Waals surface area contributed by atoms with Gasteiger partial charge in [0.2, 0.25) is 0 Å². The lowest BCUT2D eigenvalue weighted by molar-refractivity contribution is -0.226. The van der Waals surface area contributed by atoms with Crippen molar-refractivity contribution in [1.29, 1.82) is 0 Å². The number of carbonyl (C=O) groups excluding carboxylic acids is 1. The predicted molar refractivity (Wildman–Crippen MR) is 102 cm³/mol. The van der Waals surface area contributed by atoms with E-state index in [1.54, 1.807) is 0 Å². The number of carbonyl (C=O) groups is 1. The minimum absolute atomic E-state index is 0.312. The normalized spacial score (nSPS) is 42.6. The summed E-state index contributed by atoms with van der Waals surface area (Å²) in [4.78, 5) is 12.3. The van der Waals surface area contributed by atoms with E-state index >= 15 is 0 Å². The Morgan fingerprint density at radius 1 is 0.828 bits per heavy atom. The van der Waals surface area contributed by atoms with E-state index in [1.807, 2.05) is 6.92 Å². The number of esters is 1. The van der Waals surface area contributed by atoms with Crippen LogP contribution in [0.25, 0.3) is 0 Å². The first-order valence-corrected chi connectivity index (χ1v) is 11.6. The lowest BCUT2D eigenvalue weighted by Crippen LogP contribution is -2.62. The Labute approximate surface area is 172 Å². The maximum absolute atomic E-state index is 12.3. The molecule has 5 aliphatic rings. The standard InChI is InChI=1S/C22H34O7/c1-2-9-14(23)25-16-15(24)17-19(28-21(26-17)10-5-3-6-11-21)20-18(16)27-22(29-20)12-7-4-8-13-22/h15-20,24H,2-13H2,1H3/t15-,16-,17-,18+,19-,20-/m1/s1. The second-order valence-corrected chi connectivity index (χ2v) is 9.47. The molecule has 6 atom stereocenters. The van der Waals surface area contributed by atoms with Gasteiger partial charge in [0, 0.05) is 32.1 Å². The summed E-state index contributed by atoms with van der Waals surface area (Å²) in [6, 6.07) is 0. The molecular formula is C22H34O7. The molecule has 0 bridgehead atoms. The van der Waals surface area contributed by atoms with Gasteiger partial charge in [-0.2, -0.15) is 0 Å². The van der Waals surface area contributed by atoms with Crippen LogP contribution in [0.4, 0.5) is 0 Å². The molecule has 5 fully saturated rings. The molecule has 0 unspecified atom stereocenters. The summed E-state index contributed by atoms with van der Waals surface area (Å²) in [6.45, 7) is 1.93. The summed E-state index contributed by atoms with van der Waals surface area (Å²) in [5.41, 5.74) is 0. The quantitative estimate of drug-likeness (QED) is 0.716. The van der Waals surface area contributed by atoms with Crippen LogP contribution in [0, 0.1) is 0 Å². The maximum atomic E-state index is 12.3. The van der Waals surface area contributed by atoms with Gasteiger partial charge in [0.05, 0.1) is 0 Å². The molecule has 2 aliphatic heterocycles. The maximum Gasteiger partial charge on any atom is 0.306 e. The van der Waals surface area contributed by atoms with Crippen molar-refractivity contribution >= 4 is 5.97 Å². The largest absolute Gasteiger partial charge is 0.457 e. The average Bonchev–Trinajstić information content (AvgIpc) is 3.26. The van der Waals surface area contributed by atoms with E-state index in [9.17, 15) is 9.90 Å². The number of rotatable bonds is 3. The van der Waals surface area contributed by atoms with Crippen LogP contribution in [0.15, 0.2) is 0 Å². The zero-order chi connectivity index (χ0) is 20.1. The summed E-state index contributed by atoms with van der Waals surface area (Å²) in [5, 5.41) is 11.2. The molecule has 1 N–H and O–H groups in total. The third kappa shape index (κ3) is 3.53.